The van der Waals surface area contributed by atoms with Crippen molar-refractivity contribution < 1.29 is 4.74 Å². The lowest BCUT2D eigenvalue weighted by molar-refractivity contribution is -0.149. The van der Waals surface area contributed by atoms with Crippen molar-refractivity contribution >= 4 is 0 Å². The number of piperidine rings is 2. The minimum atomic E-state index is 0.604. The van der Waals surface area contributed by atoms with E-state index in [-0.39, 0.29) is 0 Å². The molecule has 4 fully saturated rings. The van der Waals surface area contributed by atoms with Gasteiger partial charge in [0.15, 0.2) is 0 Å². The van der Waals surface area contributed by atoms with Crippen LogP contribution < -0.4 is 5.32 Å². The van der Waals surface area contributed by atoms with E-state index < -0.39 is 0 Å². The fourth-order valence-corrected chi connectivity index (χ4v) is 6.02. The van der Waals surface area contributed by atoms with Crippen molar-refractivity contribution in [2.45, 2.75) is 64.4 Å². The summed E-state index contributed by atoms with van der Waals surface area (Å²) < 4.78 is 5.76. The van der Waals surface area contributed by atoms with Crippen LogP contribution in [-0.4, -0.2) is 50.3 Å². The molecule has 4 rings (SSSR count). The number of ether oxygens (including phenoxy) is 1. The maximum atomic E-state index is 5.76. The summed E-state index contributed by atoms with van der Waals surface area (Å²) in [5.74, 6) is 3.06. The smallest absolute Gasteiger partial charge is 0.0585 e. The van der Waals surface area contributed by atoms with Crippen molar-refractivity contribution in [1.82, 2.24) is 10.2 Å². The second-order valence-electron chi connectivity index (χ2n) is 8.99. The lowest BCUT2D eigenvalue weighted by Gasteiger charge is -2.60. The second kappa shape index (κ2) is 7.01. The van der Waals surface area contributed by atoms with Gasteiger partial charge in [0.05, 0.1) is 6.10 Å². The van der Waals surface area contributed by atoms with Gasteiger partial charge in [-0.2, -0.15) is 0 Å². The third-order valence-electron chi connectivity index (χ3n) is 7.39. The van der Waals surface area contributed by atoms with Gasteiger partial charge in [-0.05, 0) is 108 Å². The summed E-state index contributed by atoms with van der Waals surface area (Å²) >= 11 is 0. The zero-order valence-corrected chi connectivity index (χ0v) is 15.1. The Morgan fingerprint density at radius 2 is 1.65 bits per heavy atom. The molecule has 0 aromatic heterocycles. The lowest BCUT2D eigenvalue weighted by atomic mass is 9.48. The number of rotatable bonds is 5. The van der Waals surface area contributed by atoms with Gasteiger partial charge in [-0.1, -0.05) is 0 Å². The van der Waals surface area contributed by atoms with E-state index in [9.17, 15) is 0 Å². The highest BCUT2D eigenvalue weighted by Crippen LogP contribution is 2.62. The molecule has 3 heteroatoms. The summed E-state index contributed by atoms with van der Waals surface area (Å²) in [7, 11) is 0. The van der Waals surface area contributed by atoms with Crippen molar-refractivity contribution in [3.05, 3.63) is 0 Å². The van der Waals surface area contributed by atoms with Crippen molar-refractivity contribution in [3.8, 4) is 0 Å². The van der Waals surface area contributed by atoms with Gasteiger partial charge in [0.25, 0.3) is 0 Å². The normalized spacial score (nSPS) is 40.0. The largest absolute Gasteiger partial charge is 0.378 e. The van der Waals surface area contributed by atoms with E-state index in [0.717, 1.165) is 29.8 Å². The molecule has 0 amide bonds. The molecule has 0 aromatic carbocycles. The molecule has 4 aliphatic rings. The molecule has 0 radical (unpaired) electrons. The Morgan fingerprint density at radius 3 is 2.30 bits per heavy atom. The van der Waals surface area contributed by atoms with E-state index in [1.807, 2.05) is 0 Å². The number of hydrogen-bond acceptors (Lipinski definition) is 3. The molecule has 2 aliphatic heterocycles. The van der Waals surface area contributed by atoms with Gasteiger partial charge >= 0.3 is 0 Å². The Morgan fingerprint density at radius 1 is 0.957 bits per heavy atom. The van der Waals surface area contributed by atoms with Gasteiger partial charge in [-0.25, -0.2) is 0 Å². The van der Waals surface area contributed by atoms with E-state index in [0.29, 0.717) is 6.10 Å². The second-order valence-corrected chi connectivity index (χ2v) is 8.99. The summed E-state index contributed by atoms with van der Waals surface area (Å²) in [6.45, 7) is 9.65. The van der Waals surface area contributed by atoms with Crippen LogP contribution in [0.3, 0.4) is 0 Å². The Balaban J connectivity index is 1.14. The van der Waals surface area contributed by atoms with Gasteiger partial charge in [0.1, 0.15) is 0 Å². The molecule has 2 aliphatic carbocycles. The molecule has 3 nitrogen and oxygen atoms in total. The summed E-state index contributed by atoms with van der Waals surface area (Å²) in [6, 6.07) is 0. The molecule has 0 aromatic rings. The topological polar surface area (TPSA) is 24.5 Å². The average Bonchev–Trinajstić information content (AvgIpc) is 2.50. The first-order valence-electron chi connectivity index (χ1n) is 10.3. The number of likely N-dealkylation sites (tertiary alicyclic amines) is 1. The van der Waals surface area contributed by atoms with Crippen LogP contribution in [-0.2, 0) is 4.74 Å². The van der Waals surface area contributed by atoms with Gasteiger partial charge in [-0.3, -0.25) is 0 Å². The summed E-state index contributed by atoms with van der Waals surface area (Å²) in [6.07, 6.45) is 12.1. The van der Waals surface area contributed by atoms with Crippen LogP contribution in [0.2, 0.25) is 0 Å². The Hall–Kier alpha value is -0.120. The first-order valence-corrected chi connectivity index (χ1v) is 10.3. The van der Waals surface area contributed by atoms with Gasteiger partial charge in [-0.15, -0.1) is 0 Å². The SMILES string of the molecule is CCOC1CC2(C1)CC(C1CCN(CC3CCNCC3)CC1)C2. The van der Waals surface area contributed by atoms with Crippen molar-refractivity contribution in [3.63, 3.8) is 0 Å². The molecule has 1 spiro atoms. The van der Waals surface area contributed by atoms with Crippen molar-refractivity contribution in [2.75, 3.05) is 39.3 Å². The number of nitrogens with one attached hydrogen (secondary N) is 1. The fourth-order valence-electron chi connectivity index (χ4n) is 6.02. The molecule has 0 unspecified atom stereocenters. The molecule has 132 valence electrons. The maximum absolute atomic E-state index is 5.76. The molecule has 1 N–H and O–H groups in total. The minimum Gasteiger partial charge on any atom is -0.378 e. The molecule has 23 heavy (non-hydrogen) atoms. The van der Waals surface area contributed by atoms with Crippen molar-refractivity contribution in [2.24, 2.45) is 23.2 Å². The monoisotopic (exact) mass is 320 g/mol. The van der Waals surface area contributed by atoms with E-state index >= 15 is 0 Å². The molecule has 0 bridgehead atoms. The third kappa shape index (κ3) is 3.62. The highest BCUT2D eigenvalue weighted by Gasteiger charge is 2.54. The first-order chi connectivity index (χ1) is 11.3. The third-order valence-corrected chi connectivity index (χ3v) is 7.39. The van der Waals surface area contributed by atoms with Crippen LogP contribution in [0.4, 0.5) is 0 Å². The maximum Gasteiger partial charge on any atom is 0.0585 e. The van der Waals surface area contributed by atoms with E-state index in [4.69, 9.17) is 4.74 Å². The highest BCUT2D eigenvalue weighted by molar-refractivity contribution is 5.05. The summed E-state index contributed by atoms with van der Waals surface area (Å²) in [4.78, 5) is 2.77. The Bertz CT molecular complexity index is 371. The molecule has 2 saturated carbocycles. The average molecular weight is 321 g/mol. The Kier molecular flexibility index (Phi) is 4.99. The van der Waals surface area contributed by atoms with Crippen LogP contribution in [0, 0.1) is 23.2 Å². The van der Waals surface area contributed by atoms with Crippen LogP contribution in [0.1, 0.15) is 58.3 Å². The van der Waals surface area contributed by atoms with Crippen molar-refractivity contribution in [1.29, 1.82) is 0 Å². The van der Waals surface area contributed by atoms with E-state index in [1.54, 1.807) is 0 Å². The molecular weight excluding hydrogens is 284 g/mol. The zero-order valence-electron chi connectivity index (χ0n) is 15.1. The summed E-state index contributed by atoms with van der Waals surface area (Å²) in [5, 5.41) is 3.49. The zero-order chi connectivity index (χ0) is 15.7. The highest BCUT2D eigenvalue weighted by atomic mass is 16.5. The Labute approximate surface area is 142 Å². The first kappa shape index (κ1) is 16.4. The van der Waals surface area contributed by atoms with Gasteiger partial charge in [0.2, 0.25) is 0 Å². The number of hydrogen-bond donors (Lipinski definition) is 1. The predicted octanol–water partition coefficient (Wildman–Crippen LogP) is 3.29. The molecular formula is C20H36N2O. The van der Waals surface area contributed by atoms with Gasteiger partial charge in [0, 0.05) is 13.2 Å². The minimum absolute atomic E-state index is 0.604. The van der Waals surface area contributed by atoms with Crippen LogP contribution in [0.15, 0.2) is 0 Å². The molecule has 2 saturated heterocycles. The molecule has 2 heterocycles. The van der Waals surface area contributed by atoms with E-state index in [1.165, 1.54) is 84.1 Å². The fraction of sp³-hybridized carbons (Fsp3) is 1.00. The summed E-state index contributed by atoms with van der Waals surface area (Å²) in [5.41, 5.74) is 0.733. The predicted molar refractivity (Wildman–Crippen MR) is 94.6 cm³/mol. The van der Waals surface area contributed by atoms with Crippen LogP contribution in [0.5, 0.6) is 0 Å². The standard InChI is InChI=1S/C20H36N2O/c1-2-23-19-13-20(14-19)11-18(12-20)17-5-9-22(10-6-17)15-16-3-7-21-8-4-16/h16-19,21H,2-15H2,1H3. The molecule has 0 atom stereocenters. The van der Waals surface area contributed by atoms with E-state index in [2.05, 4.69) is 17.1 Å². The number of nitrogens with zero attached hydrogens (tertiary/aromatic N) is 1. The van der Waals surface area contributed by atoms with Crippen LogP contribution >= 0.6 is 0 Å². The van der Waals surface area contributed by atoms with Crippen LogP contribution in [0.25, 0.3) is 0 Å². The quantitative estimate of drug-likeness (QED) is 0.841. The lowest BCUT2D eigenvalue weighted by Crippen LogP contribution is -2.53. The van der Waals surface area contributed by atoms with Gasteiger partial charge < -0.3 is 15.0 Å².